The maximum Gasteiger partial charge on any atom is 0.339 e. The first-order chi connectivity index (χ1) is 19.2. The first kappa shape index (κ1) is 39.9. The molecule has 0 atom stereocenters. The number of hydrogen-bond donors (Lipinski definition) is 0. The molecule has 0 aromatic heterocycles. The summed E-state index contributed by atoms with van der Waals surface area (Å²) < 4.78 is 27.6. The maximum absolute atomic E-state index is 12.5. The van der Waals surface area contributed by atoms with Gasteiger partial charge >= 0.3 is 35.8 Å². The van der Waals surface area contributed by atoms with Crippen LogP contribution in [0.15, 0.2) is 60.7 Å². The van der Waals surface area contributed by atoms with Crippen molar-refractivity contribution in [2.24, 2.45) is 0 Å². The van der Waals surface area contributed by atoms with Crippen LogP contribution in [0.2, 0.25) is 0 Å². The standard InChI is InChI=1S/C18H18O12.2C5H5.2Co/c1-25-13(19)7-8(14(20)26-2)10(16(22)28-4)12(18(24)30-6)11(17(23)29-5)9(7)15(21)27-3;2*1-2-4-5-3-1;;/h1-6H3;2*1-5H;;/q;-5;-1;;. The first-order valence-electron chi connectivity index (χ1n) is 11.2. The molecule has 12 nitrogen and oxygen atoms in total. The van der Waals surface area contributed by atoms with Crippen molar-refractivity contribution in [3.8, 4) is 0 Å². The minimum atomic E-state index is -1.32. The van der Waals surface area contributed by atoms with Gasteiger partial charge in [0.2, 0.25) is 0 Å². The van der Waals surface area contributed by atoms with Crippen molar-refractivity contribution in [2.75, 3.05) is 42.7 Å². The van der Waals surface area contributed by atoms with Crippen LogP contribution in [0.5, 0.6) is 0 Å². The molecule has 0 amide bonds. The van der Waals surface area contributed by atoms with Gasteiger partial charge < -0.3 is 58.8 Å². The Balaban J connectivity index is 0. The van der Waals surface area contributed by atoms with Crippen molar-refractivity contribution in [3.05, 3.63) is 94.0 Å². The van der Waals surface area contributed by atoms with Crippen molar-refractivity contribution >= 4 is 35.8 Å². The Morgan fingerprint density at radius 2 is 0.571 bits per heavy atom. The quantitative estimate of drug-likeness (QED) is 0.214. The topological polar surface area (TPSA) is 158 Å². The molecule has 0 aliphatic carbocycles. The Hall–Kier alpha value is -4.25. The average molecular weight is 674 g/mol. The van der Waals surface area contributed by atoms with Gasteiger partial charge in [-0.2, -0.15) is 18.2 Å². The second-order valence-corrected chi connectivity index (χ2v) is 7.12. The smallest absolute Gasteiger partial charge is 0.339 e. The van der Waals surface area contributed by atoms with Gasteiger partial charge in [-0.05, 0) is 0 Å². The summed E-state index contributed by atoms with van der Waals surface area (Å²) in [6, 6.07) is 20.0. The fourth-order valence-corrected chi connectivity index (χ4v) is 3.23. The van der Waals surface area contributed by atoms with Gasteiger partial charge in [0.15, 0.2) is 0 Å². The molecule has 0 saturated heterocycles. The molecule has 0 heterocycles. The molecule has 236 valence electrons. The van der Waals surface area contributed by atoms with Crippen LogP contribution in [0, 0.1) is 0 Å². The number of benzene rings is 1. The van der Waals surface area contributed by atoms with Gasteiger partial charge in [0.25, 0.3) is 0 Å². The van der Waals surface area contributed by atoms with E-state index < -0.39 is 69.2 Å². The van der Waals surface area contributed by atoms with Gasteiger partial charge in [-0.15, -0.1) is 0 Å². The fraction of sp³-hybridized carbons (Fsp3) is 0.214. The van der Waals surface area contributed by atoms with Crippen LogP contribution in [0.1, 0.15) is 62.1 Å². The second kappa shape index (κ2) is 20.6. The van der Waals surface area contributed by atoms with Crippen molar-refractivity contribution in [1.29, 1.82) is 0 Å². The molecule has 0 bridgehead atoms. The van der Waals surface area contributed by atoms with Crippen LogP contribution in [0.25, 0.3) is 0 Å². The van der Waals surface area contributed by atoms with E-state index in [4.69, 9.17) is 0 Å². The summed E-state index contributed by atoms with van der Waals surface area (Å²) in [6.45, 7) is 0. The van der Waals surface area contributed by atoms with Crippen LogP contribution in [0.3, 0.4) is 0 Å². The average Bonchev–Trinajstić information content (AvgIpc) is 3.77. The number of ether oxygens (including phenoxy) is 6. The molecule has 0 aliphatic heterocycles. The van der Waals surface area contributed by atoms with Gasteiger partial charge in [-0.25, -0.2) is 40.9 Å². The van der Waals surface area contributed by atoms with E-state index in [1.807, 2.05) is 60.7 Å². The minimum absolute atomic E-state index is 0. The zero-order valence-electron chi connectivity index (χ0n) is 23.3. The Bertz CT molecular complexity index is 1040. The minimum Gasteiger partial charge on any atom is -0.748 e. The number of methoxy groups -OCH3 is 6. The number of carbonyl (C=O) groups excluding carboxylic acids is 6. The van der Waals surface area contributed by atoms with Gasteiger partial charge in [-0.1, -0.05) is 0 Å². The van der Waals surface area contributed by atoms with E-state index in [-0.39, 0.29) is 33.6 Å². The summed E-state index contributed by atoms with van der Waals surface area (Å²) in [5, 5.41) is 0. The molecular formula is C28H28Co2O12-6. The van der Waals surface area contributed by atoms with E-state index in [0.717, 1.165) is 42.7 Å². The number of hydrogen-bond acceptors (Lipinski definition) is 12. The molecule has 0 spiro atoms. The summed E-state index contributed by atoms with van der Waals surface area (Å²) >= 11 is 0. The third-order valence-electron chi connectivity index (χ3n) is 4.95. The van der Waals surface area contributed by atoms with Crippen molar-refractivity contribution in [3.63, 3.8) is 0 Å². The first-order valence-corrected chi connectivity index (χ1v) is 11.2. The third-order valence-corrected chi connectivity index (χ3v) is 4.95. The molecular weight excluding hydrogens is 646 g/mol. The van der Waals surface area contributed by atoms with E-state index in [9.17, 15) is 28.8 Å². The van der Waals surface area contributed by atoms with E-state index in [1.165, 1.54) is 0 Å². The molecule has 0 N–H and O–H groups in total. The van der Waals surface area contributed by atoms with Crippen molar-refractivity contribution in [2.45, 2.75) is 0 Å². The Morgan fingerprint density at radius 1 is 0.405 bits per heavy atom. The van der Waals surface area contributed by atoms with E-state index in [2.05, 4.69) is 28.4 Å². The largest absolute Gasteiger partial charge is 0.748 e. The van der Waals surface area contributed by atoms with Gasteiger partial charge in [0, 0.05) is 33.6 Å². The molecule has 14 heteroatoms. The van der Waals surface area contributed by atoms with Crippen molar-refractivity contribution < 1.29 is 90.7 Å². The van der Waals surface area contributed by atoms with Crippen LogP contribution in [0.4, 0.5) is 0 Å². The van der Waals surface area contributed by atoms with Crippen molar-refractivity contribution in [1.82, 2.24) is 0 Å². The fourth-order valence-electron chi connectivity index (χ4n) is 3.23. The number of carbonyl (C=O) groups is 6. The summed E-state index contributed by atoms with van der Waals surface area (Å²) in [6.07, 6.45) is 0. The predicted octanol–water partition coefficient (Wildman–Crippen LogP) is 3.21. The zero-order chi connectivity index (χ0) is 30.2. The monoisotopic (exact) mass is 674 g/mol. The normalized spacial score (nSPS) is 8.90. The molecule has 42 heavy (non-hydrogen) atoms. The molecule has 0 saturated carbocycles. The summed E-state index contributed by atoms with van der Waals surface area (Å²) in [4.78, 5) is 75.1. The summed E-state index contributed by atoms with van der Waals surface area (Å²) in [7, 11) is 5.47. The van der Waals surface area contributed by atoms with Gasteiger partial charge in [0.1, 0.15) is 0 Å². The second-order valence-electron chi connectivity index (χ2n) is 7.12. The maximum atomic E-state index is 12.5. The predicted molar refractivity (Wildman–Crippen MR) is 139 cm³/mol. The van der Waals surface area contributed by atoms with Gasteiger partial charge in [-0.3, -0.25) is 0 Å². The molecule has 0 fully saturated rings. The molecule has 3 aromatic rings. The molecule has 2 radical (unpaired) electrons. The van der Waals surface area contributed by atoms with Crippen LogP contribution in [-0.2, 0) is 62.0 Å². The van der Waals surface area contributed by atoms with E-state index in [0.29, 0.717) is 0 Å². The summed E-state index contributed by atoms with van der Waals surface area (Å²) in [5.41, 5.74) is -5.22. The Kier molecular flexibility index (Phi) is 19.6. The Labute approximate surface area is 262 Å². The number of rotatable bonds is 6. The van der Waals surface area contributed by atoms with Crippen LogP contribution in [-0.4, -0.2) is 78.5 Å². The van der Waals surface area contributed by atoms with E-state index in [1.54, 1.807) is 0 Å². The van der Waals surface area contributed by atoms with Crippen LogP contribution >= 0.6 is 0 Å². The zero-order valence-corrected chi connectivity index (χ0v) is 25.4. The third kappa shape index (κ3) is 9.99. The SMILES string of the molecule is COC(=O)c1c(C(=O)OC)c(C(=O)OC)c(C(=O)OC)c(C(=O)OC)c1C(=O)OC.[Co].[Co].[cH-]1[cH-][cH-][cH-][cH-]1.c1cc[cH-]c1. The molecule has 3 rings (SSSR count). The molecule has 3 aromatic carbocycles. The molecule has 0 unspecified atom stereocenters. The van der Waals surface area contributed by atoms with Gasteiger partial charge in [0.05, 0.1) is 76.0 Å². The molecule has 0 aliphatic rings. The Morgan fingerprint density at radius 3 is 0.667 bits per heavy atom. The van der Waals surface area contributed by atoms with E-state index >= 15 is 0 Å². The number of esters is 6. The summed E-state index contributed by atoms with van der Waals surface area (Å²) in [5.74, 6) is -7.90. The van der Waals surface area contributed by atoms with Crippen LogP contribution < -0.4 is 0 Å².